The molecule has 1 heterocycles. The molecule has 0 saturated heterocycles. The Hall–Kier alpha value is -2.19. The first kappa shape index (κ1) is 15.2. The molecule has 0 aliphatic carbocycles. The summed E-state index contributed by atoms with van der Waals surface area (Å²) in [5.41, 5.74) is -0.311. The summed E-state index contributed by atoms with van der Waals surface area (Å²) in [6.07, 6.45) is 1.24. The normalized spacial score (nSPS) is 11.1. The summed E-state index contributed by atoms with van der Waals surface area (Å²) in [5.74, 6) is -2.44. The van der Waals surface area contributed by atoms with E-state index < -0.39 is 21.8 Å². The van der Waals surface area contributed by atoms with Crippen LogP contribution in [-0.4, -0.2) is 24.5 Å². The van der Waals surface area contributed by atoms with Gasteiger partial charge in [0.1, 0.15) is 11.4 Å². The number of sulfonamides is 1. The molecule has 9 heteroatoms. The molecule has 1 aromatic carbocycles. The van der Waals surface area contributed by atoms with Gasteiger partial charge in [0.05, 0.1) is 9.92 Å². The molecule has 0 aliphatic heterocycles. The summed E-state index contributed by atoms with van der Waals surface area (Å²) in [6.45, 7) is 0. The van der Waals surface area contributed by atoms with Crippen LogP contribution < -0.4 is 4.72 Å². The van der Waals surface area contributed by atoms with Gasteiger partial charge in [0.2, 0.25) is 0 Å². The van der Waals surface area contributed by atoms with Crippen LogP contribution in [0.15, 0.2) is 41.4 Å². The molecule has 2 N–H and O–H groups in total. The molecule has 0 amide bonds. The fourth-order valence-corrected chi connectivity index (χ4v) is 2.79. The van der Waals surface area contributed by atoms with Crippen LogP contribution in [-0.2, 0) is 10.0 Å². The Morgan fingerprint density at radius 3 is 2.67 bits per heavy atom. The third-order valence-corrected chi connectivity index (χ3v) is 4.10. The summed E-state index contributed by atoms with van der Waals surface area (Å²) in [5, 5.41) is 8.60. The molecular formula is C12H8ClFN2O4S. The van der Waals surface area contributed by atoms with Crippen molar-refractivity contribution >= 4 is 33.4 Å². The first-order chi connectivity index (χ1) is 9.81. The lowest BCUT2D eigenvalue weighted by Gasteiger charge is -2.09. The van der Waals surface area contributed by atoms with Gasteiger partial charge >= 0.3 is 5.97 Å². The second-order valence-corrected chi connectivity index (χ2v) is 5.98. The second kappa shape index (κ2) is 5.66. The Labute approximate surface area is 124 Å². The summed E-state index contributed by atoms with van der Waals surface area (Å²) in [4.78, 5) is 14.4. The third-order valence-electron chi connectivity index (χ3n) is 2.47. The monoisotopic (exact) mass is 330 g/mol. The van der Waals surface area contributed by atoms with E-state index in [-0.39, 0.29) is 21.3 Å². The fourth-order valence-electron chi connectivity index (χ4n) is 1.49. The molecule has 110 valence electrons. The van der Waals surface area contributed by atoms with Crippen molar-refractivity contribution in [3.05, 3.63) is 52.9 Å². The number of anilines is 1. The van der Waals surface area contributed by atoms with Crippen LogP contribution in [0.1, 0.15) is 10.4 Å². The van der Waals surface area contributed by atoms with E-state index in [4.69, 9.17) is 16.7 Å². The minimum absolute atomic E-state index is 0.309. The van der Waals surface area contributed by atoms with Crippen molar-refractivity contribution in [1.29, 1.82) is 0 Å². The number of rotatable bonds is 4. The minimum atomic E-state index is -4.14. The number of aromatic nitrogens is 1. The number of benzene rings is 1. The first-order valence-corrected chi connectivity index (χ1v) is 7.33. The third kappa shape index (κ3) is 3.29. The van der Waals surface area contributed by atoms with Gasteiger partial charge in [-0.1, -0.05) is 11.6 Å². The van der Waals surface area contributed by atoms with Gasteiger partial charge < -0.3 is 5.11 Å². The number of nitrogens with zero attached hydrogens (tertiary/aromatic N) is 1. The SMILES string of the molecule is O=C(O)c1cccnc1NS(=O)(=O)c1ccc(F)c(Cl)c1. The van der Waals surface area contributed by atoms with E-state index in [1.807, 2.05) is 4.72 Å². The van der Waals surface area contributed by atoms with Crippen molar-refractivity contribution < 1.29 is 22.7 Å². The smallest absolute Gasteiger partial charge is 0.339 e. The summed E-state index contributed by atoms with van der Waals surface area (Å²) in [6, 6.07) is 5.38. The van der Waals surface area contributed by atoms with Crippen molar-refractivity contribution in [3.63, 3.8) is 0 Å². The number of hydrogen-bond donors (Lipinski definition) is 2. The molecule has 2 aromatic rings. The lowest BCUT2D eigenvalue weighted by Crippen LogP contribution is -2.16. The van der Waals surface area contributed by atoms with Crippen LogP contribution in [0.25, 0.3) is 0 Å². The number of nitrogens with one attached hydrogen (secondary N) is 1. The van der Waals surface area contributed by atoms with Crippen molar-refractivity contribution in [2.24, 2.45) is 0 Å². The van der Waals surface area contributed by atoms with Gasteiger partial charge in [0.15, 0.2) is 5.82 Å². The van der Waals surface area contributed by atoms with Crippen LogP contribution in [0.4, 0.5) is 10.2 Å². The lowest BCUT2D eigenvalue weighted by atomic mass is 10.3. The maximum Gasteiger partial charge on any atom is 0.339 e. The summed E-state index contributed by atoms with van der Waals surface area (Å²) < 4.78 is 39.3. The van der Waals surface area contributed by atoms with E-state index in [9.17, 15) is 17.6 Å². The molecule has 2 rings (SSSR count). The number of pyridine rings is 1. The van der Waals surface area contributed by atoms with E-state index in [0.29, 0.717) is 0 Å². The lowest BCUT2D eigenvalue weighted by molar-refractivity contribution is 0.0697. The molecular weight excluding hydrogens is 323 g/mol. The molecule has 1 aromatic heterocycles. The number of halogens is 2. The number of carboxylic acid groups (broad SMARTS) is 1. The van der Waals surface area contributed by atoms with Crippen LogP contribution in [0.2, 0.25) is 5.02 Å². The van der Waals surface area contributed by atoms with Crippen molar-refractivity contribution in [2.75, 3.05) is 4.72 Å². The highest BCUT2D eigenvalue weighted by Gasteiger charge is 2.20. The maximum atomic E-state index is 13.0. The van der Waals surface area contributed by atoms with E-state index >= 15 is 0 Å². The predicted octanol–water partition coefficient (Wildman–Crippen LogP) is 2.37. The van der Waals surface area contributed by atoms with Crippen LogP contribution >= 0.6 is 11.6 Å². The molecule has 0 atom stereocenters. The average Bonchev–Trinajstić information content (AvgIpc) is 2.41. The first-order valence-electron chi connectivity index (χ1n) is 5.47. The minimum Gasteiger partial charge on any atom is -0.478 e. The highest BCUT2D eigenvalue weighted by Crippen LogP contribution is 2.22. The standard InChI is InChI=1S/C12H8ClFN2O4S/c13-9-6-7(3-4-10(9)14)21(19,20)16-11-8(12(17)18)2-1-5-15-11/h1-6H,(H,15,16)(H,17,18). The van der Waals surface area contributed by atoms with E-state index in [1.54, 1.807) is 0 Å². The Kier molecular flexibility index (Phi) is 4.10. The predicted molar refractivity (Wildman–Crippen MR) is 73.4 cm³/mol. The van der Waals surface area contributed by atoms with E-state index in [2.05, 4.69) is 4.98 Å². The van der Waals surface area contributed by atoms with Crippen molar-refractivity contribution in [2.45, 2.75) is 4.90 Å². The molecule has 6 nitrogen and oxygen atoms in total. The van der Waals surface area contributed by atoms with Gasteiger partial charge in [0, 0.05) is 6.20 Å². The topological polar surface area (TPSA) is 96.4 Å². The van der Waals surface area contributed by atoms with Gasteiger partial charge in [-0.2, -0.15) is 0 Å². The molecule has 21 heavy (non-hydrogen) atoms. The number of carbonyl (C=O) groups is 1. The van der Waals surface area contributed by atoms with Crippen LogP contribution in [0, 0.1) is 5.82 Å². The summed E-state index contributed by atoms with van der Waals surface area (Å²) in [7, 11) is -4.14. The Morgan fingerprint density at radius 2 is 2.05 bits per heavy atom. The highest BCUT2D eigenvalue weighted by molar-refractivity contribution is 7.92. The quantitative estimate of drug-likeness (QED) is 0.897. The average molecular weight is 331 g/mol. The van der Waals surface area contributed by atoms with Gasteiger partial charge in [-0.3, -0.25) is 4.72 Å². The van der Waals surface area contributed by atoms with Crippen LogP contribution in [0.5, 0.6) is 0 Å². The fraction of sp³-hybridized carbons (Fsp3) is 0. The van der Waals surface area contributed by atoms with E-state index in [1.165, 1.54) is 18.3 Å². The second-order valence-electron chi connectivity index (χ2n) is 3.89. The number of hydrogen-bond acceptors (Lipinski definition) is 4. The van der Waals surface area contributed by atoms with Gasteiger partial charge in [-0.05, 0) is 30.3 Å². The zero-order valence-electron chi connectivity index (χ0n) is 10.2. The van der Waals surface area contributed by atoms with Gasteiger partial charge in [-0.25, -0.2) is 22.6 Å². The zero-order chi connectivity index (χ0) is 15.6. The highest BCUT2D eigenvalue weighted by atomic mass is 35.5. The number of aromatic carboxylic acids is 1. The zero-order valence-corrected chi connectivity index (χ0v) is 11.8. The number of carboxylic acids is 1. The van der Waals surface area contributed by atoms with Gasteiger partial charge in [0.25, 0.3) is 10.0 Å². The molecule has 0 radical (unpaired) electrons. The molecule has 0 fully saturated rings. The Morgan fingerprint density at radius 1 is 1.33 bits per heavy atom. The molecule has 0 bridgehead atoms. The molecule has 0 unspecified atom stereocenters. The van der Waals surface area contributed by atoms with Crippen molar-refractivity contribution in [1.82, 2.24) is 4.98 Å². The Bertz CT molecular complexity index is 811. The Balaban J connectivity index is 2.42. The molecule has 0 aliphatic rings. The van der Waals surface area contributed by atoms with E-state index in [0.717, 1.165) is 18.2 Å². The molecule has 0 spiro atoms. The maximum absolute atomic E-state index is 13.0. The molecule has 0 saturated carbocycles. The van der Waals surface area contributed by atoms with Crippen LogP contribution in [0.3, 0.4) is 0 Å². The van der Waals surface area contributed by atoms with Crippen molar-refractivity contribution in [3.8, 4) is 0 Å². The van der Waals surface area contributed by atoms with Gasteiger partial charge in [-0.15, -0.1) is 0 Å². The largest absolute Gasteiger partial charge is 0.478 e. The summed E-state index contributed by atoms with van der Waals surface area (Å²) >= 11 is 5.53.